The summed E-state index contributed by atoms with van der Waals surface area (Å²) in [5.41, 5.74) is 0.644. The highest BCUT2D eigenvalue weighted by Crippen LogP contribution is 2.28. The number of amides is 1. The van der Waals surface area contributed by atoms with E-state index in [9.17, 15) is 18.0 Å². The van der Waals surface area contributed by atoms with Gasteiger partial charge in [-0.15, -0.1) is 10.2 Å². The molecule has 0 aliphatic carbocycles. The van der Waals surface area contributed by atoms with E-state index in [2.05, 4.69) is 25.6 Å². The van der Waals surface area contributed by atoms with E-state index in [1.54, 1.807) is 6.92 Å². The van der Waals surface area contributed by atoms with Gasteiger partial charge in [-0.3, -0.25) is 9.20 Å². The number of nitrogens with one attached hydrogen (secondary N) is 1. The molecule has 0 spiro atoms. The number of halogens is 3. The lowest BCUT2D eigenvalue weighted by atomic mass is 10.2. The Morgan fingerprint density at radius 2 is 1.97 bits per heavy atom. The van der Waals surface area contributed by atoms with Crippen molar-refractivity contribution in [2.75, 3.05) is 6.54 Å². The van der Waals surface area contributed by atoms with Crippen LogP contribution in [0.2, 0.25) is 0 Å². The van der Waals surface area contributed by atoms with Crippen molar-refractivity contribution in [1.29, 1.82) is 0 Å². The van der Waals surface area contributed by atoms with E-state index in [1.165, 1.54) is 16.9 Å². The van der Waals surface area contributed by atoms with Crippen LogP contribution in [0.4, 0.5) is 13.2 Å². The number of hydrogen-bond donors (Lipinski definition) is 1. The molecule has 4 heterocycles. The predicted octanol–water partition coefficient (Wildman–Crippen LogP) is 2.61. The molecule has 30 heavy (non-hydrogen) atoms. The minimum Gasteiger partial charge on any atom is -0.351 e. The van der Waals surface area contributed by atoms with Gasteiger partial charge in [-0.1, -0.05) is 6.07 Å². The quantitative estimate of drug-likeness (QED) is 0.541. The number of alkyl halides is 3. The van der Waals surface area contributed by atoms with Crippen LogP contribution in [0.25, 0.3) is 11.5 Å². The first-order chi connectivity index (χ1) is 14.3. The van der Waals surface area contributed by atoms with E-state index >= 15 is 0 Å². The Hall–Kier alpha value is -3.76. The maximum atomic E-state index is 12.7. The molecule has 0 atom stereocenters. The summed E-state index contributed by atoms with van der Waals surface area (Å²) in [6, 6.07) is 7.70. The van der Waals surface area contributed by atoms with E-state index in [0.29, 0.717) is 30.0 Å². The van der Waals surface area contributed by atoms with Crippen LogP contribution < -0.4 is 5.32 Å². The second kappa shape index (κ2) is 7.58. The summed E-state index contributed by atoms with van der Waals surface area (Å²) < 4.78 is 41.2. The summed E-state index contributed by atoms with van der Waals surface area (Å²) in [5.74, 6) is 0.557. The Balaban J connectivity index is 1.43. The van der Waals surface area contributed by atoms with Gasteiger partial charge in [-0.25, -0.2) is 9.67 Å². The van der Waals surface area contributed by atoms with Gasteiger partial charge in [0.2, 0.25) is 0 Å². The molecule has 0 saturated carbocycles. The topological polar surface area (TPSA) is 90.0 Å². The summed E-state index contributed by atoms with van der Waals surface area (Å²) in [7, 11) is 0. The van der Waals surface area contributed by atoms with Gasteiger partial charge in [-0.05, 0) is 31.2 Å². The summed E-state index contributed by atoms with van der Waals surface area (Å²) in [5, 5.41) is 15.0. The van der Waals surface area contributed by atoms with E-state index < -0.39 is 11.7 Å². The van der Waals surface area contributed by atoms with Crippen LogP contribution in [0.1, 0.15) is 27.4 Å². The number of fused-ring (bicyclic) bond motifs is 1. The van der Waals surface area contributed by atoms with Gasteiger partial charge in [0.1, 0.15) is 5.82 Å². The molecule has 8 nitrogen and oxygen atoms in total. The van der Waals surface area contributed by atoms with Crippen LogP contribution in [-0.4, -0.2) is 41.8 Å². The summed E-state index contributed by atoms with van der Waals surface area (Å²) in [4.78, 5) is 16.3. The molecule has 1 amide bonds. The van der Waals surface area contributed by atoms with Gasteiger partial charge in [0, 0.05) is 25.4 Å². The minimum atomic E-state index is -4.47. The third-order valence-corrected chi connectivity index (χ3v) is 4.57. The summed E-state index contributed by atoms with van der Waals surface area (Å²) in [6.07, 6.45) is -0.0523. The molecule has 4 rings (SSSR count). The van der Waals surface area contributed by atoms with Crippen LogP contribution in [-0.2, 0) is 12.6 Å². The normalized spacial score (nSPS) is 11.7. The number of hydrogen-bond acceptors (Lipinski definition) is 5. The van der Waals surface area contributed by atoms with Crippen LogP contribution in [0.3, 0.4) is 0 Å². The highest BCUT2D eigenvalue weighted by atomic mass is 19.4. The Morgan fingerprint density at radius 3 is 2.70 bits per heavy atom. The van der Waals surface area contributed by atoms with E-state index in [4.69, 9.17) is 0 Å². The van der Waals surface area contributed by atoms with Gasteiger partial charge < -0.3 is 5.32 Å². The first-order valence-corrected chi connectivity index (χ1v) is 8.99. The zero-order chi connectivity index (χ0) is 21.3. The van der Waals surface area contributed by atoms with Crippen molar-refractivity contribution in [2.45, 2.75) is 19.5 Å². The smallest absolute Gasteiger partial charge is 0.351 e. The number of rotatable bonds is 5. The van der Waals surface area contributed by atoms with Crippen LogP contribution in [0, 0.1) is 6.92 Å². The monoisotopic (exact) mass is 415 g/mol. The molecule has 1 N–H and O–H groups in total. The molecule has 0 aliphatic heterocycles. The average Bonchev–Trinajstić information content (AvgIpc) is 3.31. The molecule has 0 bridgehead atoms. The van der Waals surface area contributed by atoms with Crippen molar-refractivity contribution in [3.8, 4) is 5.82 Å². The molecule has 4 aromatic rings. The Morgan fingerprint density at radius 1 is 1.13 bits per heavy atom. The molecule has 0 saturated heterocycles. The second-order valence-corrected chi connectivity index (χ2v) is 6.51. The number of pyridine rings is 2. The highest BCUT2D eigenvalue weighted by Gasteiger charge is 2.30. The molecule has 0 aliphatic rings. The third-order valence-electron chi connectivity index (χ3n) is 4.57. The molecule has 154 valence electrons. The van der Waals surface area contributed by atoms with Crippen LogP contribution in [0.15, 0.2) is 48.9 Å². The molecule has 4 aromatic heterocycles. The maximum Gasteiger partial charge on any atom is 0.417 e. The maximum absolute atomic E-state index is 12.7. The molecule has 0 radical (unpaired) electrons. The first kappa shape index (κ1) is 19.6. The fourth-order valence-corrected chi connectivity index (χ4v) is 2.99. The van der Waals surface area contributed by atoms with Crippen LogP contribution in [0.5, 0.6) is 0 Å². The SMILES string of the molecule is Cc1c(C(=O)NCCc2nnc3ccccn23)cnn1-c1ccc(C(F)(F)F)cn1. The molecule has 0 unspecified atom stereocenters. The van der Waals surface area contributed by atoms with Crippen molar-refractivity contribution < 1.29 is 18.0 Å². The van der Waals surface area contributed by atoms with Crippen molar-refractivity contribution in [3.63, 3.8) is 0 Å². The minimum absolute atomic E-state index is 0.189. The van der Waals surface area contributed by atoms with Gasteiger partial charge >= 0.3 is 6.18 Å². The molecular formula is C19H16F3N7O. The number of carbonyl (C=O) groups is 1. The lowest BCUT2D eigenvalue weighted by Gasteiger charge is -2.08. The lowest BCUT2D eigenvalue weighted by Crippen LogP contribution is -2.26. The van der Waals surface area contributed by atoms with Gasteiger partial charge in [0.15, 0.2) is 11.5 Å². The zero-order valence-corrected chi connectivity index (χ0v) is 15.8. The van der Waals surface area contributed by atoms with Crippen molar-refractivity contribution in [3.05, 3.63) is 71.6 Å². The summed E-state index contributed by atoms with van der Waals surface area (Å²) >= 11 is 0. The predicted molar refractivity (Wildman–Crippen MR) is 100 cm³/mol. The molecule has 0 aromatic carbocycles. The Bertz CT molecular complexity index is 1200. The standard InChI is InChI=1S/C19H16F3N7O/c1-12-14(11-25-29(12)15-6-5-13(10-24-15)19(20,21)22)18(30)23-8-7-17-27-26-16-4-2-3-9-28(16)17/h2-6,9-11H,7-8H2,1H3,(H,23,30). The fourth-order valence-electron chi connectivity index (χ4n) is 2.99. The van der Waals surface area contributed by atoms with Crippen LogP contribution >= 0.6 is 0 Å². The molecule has 0 fully saturated rings. The number of nitrogens with zero attached hydrogens (tertiary/aromatic N) is 6. The van der Waals surface area contributed by atoms with Crippen molar-refractivity contribution >= 4 is 11.6 Å². The van der Waals surface area contributed by atoms with E-state index in [1.807, 2.05) is 28.8 Å². The first-order valence-electron chi connectivity index (χ1n) is 8.99. The largest absolute Gasteiger partial charge is 0.417 e. The Kier molecular flexibility index (Phi) is 4.94. The zero-order valence-electron chi connectivity index (χ0n) is 15.8. The number of aromatic nitrogens is 6. The van der Waals surface area contributed by atoms with E-state index in [-0.39, 0.29) is 11.7 Å². The van der Waals surface area contributed by atoms with Crippen molar-refractivity contribution in [1.82, 2.24) is 34.7 Å². The Labute approximate surface area is 168 Å². The second-order valence-electron chi connectivity index (χ2n) is 6.51. The van der Waals surface area contributed by atoms with Crippen molar-refractivity contribution in [2.24, 2.45) is 0 Å². The average molecular weight is 415 g/mol. The fraction of sp³-hybridized carbons (Fsp3) is 0.211. The van der Waals surface area contributed by atoms with E-state index in [0.717, 1.165) is 17.9 Å². The highest BCUT2D eigenvalue weighted by molar-refractivity contribution is 5.95. The molecule has 11 heteroatoms. The molecular weight excluding hydrogens is 399 g/mol. The van der Waals surface area contributed by atoms with Gasteiger partial charge in [0.25, 0.3) is 5.91 Å². The summed E-state index contributed by atoms with van der Waals surface area (Å²) in [6.45, 7) is 1.98. The lowest BCUT2D eigenvalue weighted by molar-refractivity contribution is -0.137. The number of carbonyl (C=O) groups excluding carboxylic acids is 1. The van der Waals surface area contributed by atoms with Gasteiger partial charge in [0.05, 0.1) is 23.0 Å². The third kappa shape index (κ3) is 3.73. The van der Waals surface area contributed by atoms with Gasteiger partial charge in [-0.2, -0.15) is 18.3 Å².